The lowest BCUT2D eigenvalue weighted by Crippen LogP contribution is -2.37. The van der Waals surface area contributed by atoms with E-state index < -0.39 is 5.82 Å². The van der Waals surface area contributed by atoms with Crippen molar-refractivity contribution in [3.63, 3.8) is 0 Å². The number of ether oxygens (including phenoxy) is 1. The van der Waals surface area contributed by atoms with Crippen LogP contribution in [0.5, 0.6) is 0 Å². The summed E-state index contributed by atoms with van der Waals surface area (Å²) in [4.78, 5) is 15.1. The molecule has 1 saturated heterocycles. The molecule has 3 aromatic rings. The van der Waals surface area contributed by atoms with Crippen LogP contribution in [0, 0.1) is 5.82 Å². The van der Waals surface area contributed by atoms with Gasteiger partial charge in [-0.3, -0.25) is 9.89 Å². The van der Waals surface area contributed by atoms with Crippen LogP contribution in [0.15, 0.2) is 83.4 Å². The first-order chi connectivity index (χ1) is 17.7. The third kappa shape index (κ3) is 4.13. The fourth-order valence-electron chi connectivity index (χ4n) is 4.49. The SMILES string of the molecule is O=c1cc(-c2ccccc2F)[nH]n1C1=C=Cc2cc(C3=CC=CCC=C3)nn2C(N2CCOCC2)=C1. The molecule has 1 aliphatic carbocycles. The topological polar surface area (TPSA) is 68.1 Å². The van der Waals surface area contributed by atoms with Gasteiger partial charge in [-0.05, 0) is 24.6 Å². The van der Waals surface area contributed by atoms with Gasteiger partial charge >= 0.3 is 0 Å². The maximum Gasteiger partial charge on any atom is 0.272 e. The average Bonchev–Trinajstić information content (AvgIpc) is 3.31. The Morgan fingerprint density at radius 3 is 2.83 bits per heavy atom. The van der Waals surface area contributed by atoms with Gasteiger partial charge in [-0.15, -0.1) is 0 Å². The van der Waals surface area contributed by atoms with E-state index in [-0.39, 0.29) is 5.56 Å². The van der Waals surface area contributed by atoms with E-state index in [1.165, 1.54) is 16.8 Å². The van der Waals surface area contributed by atoms with Crippen molar-refractivity contribution < 1.29 is 9.13 Å². The highest BCUT2D eigenvalue weighted by Crippen LogP contribution is 2.27. The Balaban J connectivity index is 1.47. The Morgan fingerprint density at radius 1 is 1.11 bits per heavy atom. The summed E-state index contributed by atoms with van der Waals surface area (Å²) in [5, 5.41) is 7.98. The molecule has 1 aromatic carbocycles. The van der Waals surface area contributed by atoms with E-state index in [9.17, 15) is 9.18 Å². The minimum atomic E-state index is -0.398. The predicted octanol–water partition coefficient (Wildman–Crippen LogP) is 4.38. The number of morpholine rings is 1. The van der Waals surface area contributed by atoms with E-state index in [1.54, 1.807) is 18.2 Å². The van der Waals surface area contributed by atoms with Crippen LogP contribution in [-0.4, -0.2) is 50.8 Å². The van der Waals surface area contributed by atoms with Crippen LogP contribution < -0.4 is 5.56 Å². The number of hydrogen-bond acceptors (Lipinski definition) is 4. The molecule has 3 aliphatic rings. The lowest BCUT2D eigenvalue weighted by atomic mass is 10.1. The number of aromatic nitrogens is 4. The van der Waals surface area contributed by atoms with Gasteiger partial charge < -0.3 is 9.64 Å². The Morgan fingerprint density at radius 2 is 1.97 bits per heavy atom. The Bertz CT molecular complexity index is 1570. The van der Waals surface area contributed by atoms with Gasteiger partial charge in [0.25, 0.3) is 5.56 Å². The standard InChI is InChI=1S/C28H24FN5O2/c29-24-10-6-5-9-23(24)26-19-28(35)34(31-26)22-12-11-21-17-25(20-7-3-1-2-4-8-20)30-33(21)27(18-22)32-13-15-36-16-14-32/h1,3-11,17-19,31H,2,13-16H2. The van der Waals surface area contributed by atoms with E-state index >= 15 is 0 Å². The second-order valence-corrected chi connectivity index (χ2v) is 8.65. The van der Waals surface area contributed by atoms with E-state index in [1.807, 2.05) is 29.0 Å². The summed E-state index contributed by atoms with van der Waals surface area (Å²) in [7, 11) is 0. The Labute approximate surface area is 207 Å². The number of hydrogen-bond donors (Lipinski definition) is 1. The molecule has 0 radical (unpaired) electrons. The number of halogens is 1. The summed E-state index contributed by atoms with van der Waals surface area (Å²) in [6, 6.07) is 9.78. The lowest BCUT2D eigenvalue weighted by Gasteiger charge is -2.31. The molecule has 0 spiro atoms. The summed E-state index contributed by atoms with van der Waals surface area (Å²) in [6.07, 6.45) is 15.0. The normalized spacial score (nSPS) is 17.2. The third-order valence-electron chi connectivity index (χ3n) is 6.33. The third-order valence-corrected chi connectivity index (χ3v) is 6.33. The highest BCUT2D eigenvalue weighted by atomic mass is 19.1. The zero-order valence-corrected chi connectivity index (χ0v) is 19.5. The number of H-pyrrole nitrogens is 1. The zero-order valence-electron chi connectivity index (χ0n) is 19.5. The summed E-state index contributed by atoms with van der Waals surface area (Å²) >= 11 is 0. The fourth-order valence-corrected chi connectivity index (χ4v) is 4.49. The van der Waals surface area contributed by atoms with E-state index in [4.69, 9.17) is 9.84 Å². The zero-order chi connectivity index (χ0) is 24.5. The van der Waals surface area contributed by atoms with Gasteiger partial charge in [-0.2, -0.15) is 5.10 Å². The molecule has 8 heteroatoms. The van der Waals surface area contributed by atoms with E-state index in [0.717, 1.165) is 29.2 Å². The number of nitrogens with zero attached hydrogens (tertiary/aromatic N) is 4. The first kappa shape index (κ1) is 22.1. The number of nitrogens with one attached hydrogen (secondary N) is 1. The molecule has 2 aliphatic heterocycles. The van der Waals surface area contributed by atoms with Gasteiger partial charge in [-0.25, -0.2) is 13.8 Å². The molecule has 180 valence electrons. The van der Waals surface area contributed by atoms with Crippen molar-refractivity contribution in [1.29, 1.82) is 0 Å². The van der Waals surface area contributed by atoms with Crippen LogP contribution in [0.25, 0.3) is 34.4 Å². The summed E-state index contributed by atoms with van der Waals surface area (Å²) in [5.74, 6) is 0.420. The molecule has 0 bridgehead atoms. The molecule has 0 amide bonds. The Hall–Kier alpha value is -4.39. The Kier molecular flexibility index (Phi) is 5.73. The van der Waals surface area contributed by atoms with Crippen LogP contribution in [0.3, 0.4) is 0 Å². The maximum atomic E-state index is 14.4. The average molecular weight is 482 g/mol. The van der Waals surface area contributed by atoms with Gasteiger partial charge in [0.05, 0.1) is 30.3 Å². The molecule has 6 rings (SSSR count). The maximum absolute atomic E-state index is 14.4. The lowest BCUT2D eigenvalue weighted by molar-refractivity contribution is 0.0612. The predicted molar refractivity (Wildman–Crippen MR) is 138 cm³/mol. The second kappa shape index (κ2) is 9.34. The molecule has 1 fully saturated rings. The van der Waals surface area contributed by atoms with Crippen molar-refractivity contribution in [2.75, 3.05) is 26.3 Å². The summed E-state index contributed by atoms with van der Waals surface area (Å²) < 4.78 is 23.2. The van der Waals surface area contributed by atoms with Crippen molar-refractivity contribution in [1.82, 2.24) is 24.5 Å². The molecule has 36 heavy (non-hydrogen) atoms. The minimum Gasteiger partial charge on any atom is -0.378 e. The quantitative estimate of drug-likeness (QED) is 0.562. The van der Waals surface area contributed by atoms with Crippen LogP contribution in [0.2, 0.25) is 0 Å². The van der Waals surface area contributed by atoms with Crippen LogP contribution >= 0.6 is 0 Å². The molecule has 7 nitrogen and oxygen atoms in total. The summed E-state index contributed by atoms with van der Waals surface area (Å²) in [5.41, 5.74) is 6.92. The summed E-state index contributed by atoms with van der Waals surface area (Å²) in [6.45, 7) is 2.59. The van der Waals surface area contributed by atoms with Crippen LogP contribution in [0.1, 0.15) is 17.8 Å². The first-order valence-corrected chi connectivity index (χ1v) is 11.9. The molecule has 1 N–H and O–H groups in total. The molecular formula is C28H24FN5O2. The molecule has 2 aromatic heterocycles. The second-order valence-electron chi connectivity index (χ2n) is 8.65. The van der Waals surface area contributed by atoms with E-state index in [0.29, 0.717) is 43.3 Å². The number of allylic oxidation sites excluding steroid dienone is 8. The largest absolute Gasteiger partial charge is 0.378 e. The molecule has 0 atom stereocenters. The van der Waals surface area contributed by atoms with Crippen molar-refractivity contribution in [2.24, 2.45) is 0 Å². The van der Waals surface area contributed by atoms with Crippen LogP contribution in [0.4, 0.5) is 4.39 Å². The van der Waals surface area contributed by atoms with Gasteiger partial charge in [0.1, 0.15) is 17.3 Å². The molecule has 4 heterocycles. The monoisotopic (exact) mass is 481 g/mol. The highest BCUT2D eigenvalue weighted by Gasteiger charge is 2.22. The van der Waals surface area contributed by atoms with E-state index in [2.05, 4.69) is 40.0 Å². The van der Waals surface area contributed by atoms with Crippen molar-refractivity contribution in [2.45, 2.75) is 6.42 Å². The number of rotatable bonds is 4. The fraction of sp³-hybridized carbons (Fsp3) is 0.179. The molecular weight excluding hydrogens is 457 g/mol. The van der Waals surface area contributed by atoms with Crippen molar-refractivity contribution in [3.8, 4) is 11.3 Å². The van der Waals surface area contributed by atoms with Gasteiger partial charge in [0.15, 0.2) is 0 Å². The van der Waals surface area contributed by atoms with Crippen LogP contribution in [-0.2, 0) is 4.74 Å². The number of fused-ring (bicyclic) bond motifs is 1. The molecule has 0 saturated carbocycles. The smallest absolute Gasteiger partial charge is 0.272 e. The van der Waals surface area contributed by atoms with Gasteiger partial charge in [0.2, 0.25) is 0 Å². The van der Waals surface area contributed by atoms with Crippen molar-refractivity contribution >= 4 is 23.2 Å². The number of benzene rings is 1. The van der Waals surface area contributed by atoms with Gasteiger partial charge in [0, 0.05) is 42.4 Å². The van der Waals surface area contributed by atoms with Gasteiger partial charge in [-0.1, -0.05) is 48.2 Å². The number of aromatic amines is 1. The minimum absolute atomic E-state index is 0.303. The highest BCUT2D eigenvalue weighted by molar-refractivity contribution is 5.78. The first-order valence-electron chi connectivity index (χ1n) is 11.9. The molecule has 0 unspecified atom stereocenters. The van der Waals surface area contributed by atoms with Crippen molar-refractivity contribution in [3.05, 3.63) is 106 Å².